The molecule has 1 N–H and O–H groups in total. The summed E-state index contributed by atoms with van der Waals surface area (Å²) < 4.78 is 0. The van der Waals surface area contributed by atoms with E-state index in [0.29, 0.717) is 0 Å². The Labute approximate surface area is 133 Å². The van der Waals surface area contributed by atoms with Gasteiger partial charge >= 0.3 is 0 Å². The van der Waals surface area contributed by atoms with Crippen LogP contribution in [0.5, 0.6) is 0 Å². The van der Waals surface area contributed by atoms with Crippen LogP contribution in [0.4, 0.5) is 5.69 Å². The molecular formula is C20H24N2. The van der Waals surface area contributed by atoms with E-state index in [1.807, 2.05) is 0 Å². The van der Waals surface area contributed by atoms with Crippen molar-refractivity contribution in [2.75, 3.05) is 25.0 Å². The Morgan fingerprint density at radius 3 is 2.82 bits per heavy atom. The average Bonchev–Trinajstić information content (AvgIpc) is 2.59. The van der Waals surface area contributed by atoms with Crippen molar-refractivity contribution in [1.29, 1.82) is 0 Å². The monoisotopic (exact) mass is 292 g/mol. The molecule has 2 heterocycles. The minimum absolute atomic E-state index is 1.11. The highest BCUT2D eigenvalue weighted by Gasteiger charge is 2.15. The Morgan fingerprint density at radius 1 is 0.955 bits per heavy atom. The van der Waals surface area contributed by atoms with Gasteiger partial charge in [-0.1, -0.05) is 36.4 Å². The fraction of sp³-hybridized carbons (Fsp3) is 0.400. The van der Waals surface area contributed by atoms with Gasteiger partial charge in [0, 0.05) is 31.9 Å². The van der Waals surface area contributed by atoms with E-state index < -0.39 is 0 Å². The van der Waals surface area contributed by atoms with Crippen molar-refractivity contribution in [2.45, 2.75) is 32.2 Å². The van der Waals surface area contributed by atoms with E-state index in [1.165, 1.54) is 54.7 Å². The SMILES string of the molecule is c1ccc2c(c1)CCN(CCc1ccc3c(c1)CCCN3)C2. The summed E-state index contributed by atoms with van der Waals surface area (Å²) in [4.78, 5) is 2.60. The van der Waals surface area contributed by atoms with Crippen LogP contribution in [0.15, 0.2) is 42.5 Å². The quantitative estimate of drug-likeness (QED) is 0.929. The van der Waals surface area contributed by atoms with E-state index in [-0.39, 0.29) is 0 Å². The summed E-state index contributed by atoms with van der Waals surface area (Å²) in [7, 11) is 0. The minimum atomic E-state index is 1.11. The lowest BCUT2D eigenvalue weighted by Gasteiger charge is -2.28. The Morgan fingerprint density at radius 2 is 1.86 bits per heavy atom. The molecule has 4 rings (SSSR count). The Balaban J connectivity index is 1.39. The van der Waals surface area contributed by atoms with Gasteiger partial charge in [-0.2, -0.15) is 0 Å². The van der Waals surface area contributed by atoms with Crippen LogP contribution >= 0.6 is 0 Å². The van der Waals surface area contributed by atoms with Gasteiger partial charge in [-0.25, -0.2) is 0 Å². The maximum atomic E-state index is 3.50. The molecule has 2 heteroatoms. The second-order valence-corrected chi connectivity index (χ2v) is 6.57. The van der Waals surface area contributed by atoms with Gasteiger partial charge in [0.25, 0.3) is 0 Å². The first-order chi connectivity index (χ1) is 10.9. The van der Waals surface area contributed by atoms with Gasteiger partial charge in [0.05, 0.1) is 0 Å². The molecule has 0 saturated heterocycles. The van der Waals surface area contributed by atoms with Crippen LogP contribution in [0.25, 0.3) is 0 Å². The number of anilines is 1. The number of nitrogens with zero attached hydrogens (tertiary/aromatic N) is 1. The summed E-state index contributed by atoms with van der Waals surface area (Å²) in [6.45, 7) is 4.60. The maximum absolute atomic E-state index is 3.50. The number of hydrogen-bond acceptors (Lipinski definition) is 2. The van der Waals surface area contributed by atoms with Crippen molar-refractivity contribution >= 4 is 5.69 Å². The maximum Gasteiger partial charge on any atom is 0.0372 e. The Bertz CT molecular complexity index is 663. The van der Waals surface area contributed by atoms with E-state index >= 15 is 0 Å². The fourth-order valence-electron chi connectivity index (χ4n) is 3.72. The van der Waals surface area contributed by atoms with E-state index in [9.17, 15) is 0 Å². The summed E-state index contributed by atoms with van der Waals surface area (Å²) in [6.07, 6.45) is 4.85. The van der Waals surface area contributed by atoms with Crippen LogP contribution < -0.4 is 5.32 Å². The molecular weight excluding hydrogens is 268 g/mol. The van der Waals surface area contributed by atoms with E-state index in [2.05, 4.69) is 52.7 Å². The first-order valence-electron chi connectivity index (χ1n) is 8.53. The van der Waals surface area contributed by atoms with Crippen molar-refractivity contribution in [3.63, 3.8) is 0 Å². The van der Waals surface area contributed by atoms with Crippen molar-refractivity contribution in [1.82, 2.24) is 4.90 Å². The lowest BCUT2D eigenvalue weighted by Crippen LogP contribution is -2.32. The predicted molar refractivity (Wildman–Crippen MR) is 92.4 cm³/mol. The van der Waals surface area contributed by atoms with Crippen LogP contribution in [0.2, 0.25) is 0 Å². The third kappa shape index (κ3) is 2.89. The van der Waals surface area contributed by atoms with Gasteiger partial charge in [-0.15, -0.1) is 0 Å². The zero-order valence-corrected chi connectivity index (χ0v) is 13.1. The molecule has 0 radical (unpaired) electrons. The molecule has 0 fully saturated rings. The zero-order valence-electron chi connectivity index (χ0n) is 13.1. The Kier molecular flexibility index (Phi) is 3.86. The van der Waals surface area contributed by atoms with Crippen LogP contribution in [0.1, 0.15) is 28.7 Å². The molecule has 114 valence electrons. The van der Waals surface area contributed by atoms with Gasteiger partial charge < -0.3 is 5.32 Å². The molecule has 0 unspecified atom stereocenters. The van der Waals surface area contributed by atoms with Gasteiger partial charge in [-0.3, -0.25) is 4.90 Å². The summed E-state index contributed by atoms with van der Waals surface area (Å²) in [6, 6.07) is 15.9. The van der Waals surface area contributed by atoms with Gasteiger partial charge in [0.15, 0.2) is 0 Å². The molecule has 2 aliphatic heterocycles. The highest BCUT2D eigenvalue weighted by atomic mass is 15.1. The van der Waals surface area contributed by atoms with Gasteiger partial charge in [0.1, 0.15) is 0 Å². The lowest BCUT2D eigenvalue weighted by atomic mass is 9.98. The molecule has 2 aromatic rings. The molecule has 0 aromatic heterocycles. The standard InChI is InChI=1S/C20H24N2/c1-2-5-19-15-22(13-10-17(19)4-1)12-9-16-7-8-20-18(14-16)6-3-11-21-20/h1-2,4-5,7-8,14,21H,3,6,9-13,15H2. The molecule has 0 bridgehead atoms. The topological polar surface area (TPSA) is 15.3 Å². The number of rotatable bonds is 3. The Hall–Kier alpha value is -1.80. The van der Waals surface area contributed by atoms with Gasteiger partial charge in [0.2, 0.25) is 0 Å². The van der Waals surface area contributed by atoms with Gasteiger partial charge in [-0.05, 0) is 54.0 Å². The number of hydrogen-bond donors (Lipinski definition) is 1. The van der Waals surface area contributed by atoms with Crippen LogP contribution in [0, 0.1) is 0 Å². The van der Waals surface area contributed by atoms with E-state index in [1.54, 1.807) is 5.56 Å². The largest absolute Gasteiger partial charge is 0.385 e. The third-order valence-electron chi connectivity index (χ3n) is 5.03. The first kappa shape index (κ1) is 13.8. The zero-order chi connectivity index (χ0) is 14.8. The van der Waals surface area contributed by atoms with Crippen LogP contribution in [-0.2, 0) is 25.8 Å². The molecule has 0 amide bonds. The highest BCUT2D eigenvalue weighted by Crippen LogP contribution is 2.24. The fourth-order valence-corrected chi connectivity index (χ4v) is 3.72. The predicted octanol–water partition coefficient (Wildman–Crippen LogP) is 3.65. The van der Waals surface area contributed by atoms with Crippen molar-refractivity contribution in [2.24, 2.45) is 0 Å². The van der Waals surface area contributed by atoms with Crippen LogP contribution in [0.3, 0.4) is 0 Å². The molecule has 0 aliphatic carbocycles. The molecule has 2 nitrogen and oxygen atoms in total. The molecule has 0 atom stereocenters. The summed E-state index contributed by atoms with van der Waals surface area (Å²) in [5, 5.41) is 3.50. The second kappa shape index (κ2) is 6.13. The van der Waals surface area contributed by atoms with Crippen molar-refractivity contribution in [3.05, 3.63) is 64.7 Å². The number of fused-ring (bicyclic) bond motifs is 2. The molecule has 0 spiro atoms. The number of nitrogens with one attached hydrogen (secondary N) is 1. The average molecular weight is 292 g/mol. The smallest absolute Gasteiger partial charge is 0.0372 e. The molecule has 2 aromatic carbocycles. The molecule has 2 aliphatic rings. The van der Waals surface area contributed by atoms with E-state index in [0.717, 1.165) is 19.5 Å². The van der Waals surface area contributed by atoms with Crippen LogP contribution in [-0.4, -0.2) is 24.5 Å². The van der Waals surface area contributed by atoms with Crippen molar-refractivity contribution < 1.29 is 0 Å². The second-order valence-electron chi connectivity index (χ2n) is 6.57. The first-order valence-corrected chi connectivity index (χ1v) is 8.53. The molecule has 22 heavy (non-hydrogen) atoms. The van der Waals surface area contributed by atoms with E-state index in [4.69, 9.17) is 0 Å². The normalized spacial score (nSPS) is 17.5. The minimum Gasteiger partial charge on any atom is -0.385 e. The third-order valence-corrected chi connectivity index (χ3v) is 5.03. The number of benzene rings is 2. The van der Waals surface area contributed by atoms with Crippen molar-refractivity contribution in [3.8, 4) is 0 Å². The summed E-state index contributed by atoms with van der Waals surface area (Å²) in [5.41, 5.74) is 7.40. The summed E-state index contributed by atoms with van der Waals surface area (Å²) >= 11 is 0. The summed E-state index contributed by atoms with van der Waals surface area (Å²) in [5.74, 6) is 0. The number of aryl methyl sites for hydroxylation is 1. The lowest BCUT2D eigenvalue weighted by molar-refractivity contribution is 0.257. The highest BCUT2D eigenvalue weighted by molar-refractivity contribution is 5.54. The molecule has 0 saturated carbocycles.